The van der Waals surface area contributed by atoms with Crippen molar-refractivity contribution in [2.24, 2.45) is 0 Å². The first kappa shape index (κ1) is 21.5. The molecule has 5 heterocycles. The van der Waals surface area contributed by atoms with Gasteiger partial charge in [0, 0.05) is 54.3 Å². The highest BCUT2D eigenvalue weighted by atomic mass is 16.5. The molecular weight excluding hydrogens is 442 g/mol. The minimum atomic E-state index is 0.00454. The van der Waals surface area contributed by atoms with Crippen molar-refractivity contribution >= 4 is 33.8 Å². The zero-order valence-electron chi connectivity index (χ0n) is 19.6. The van der Waals surface area contributed by atoms with Crippen molar-refractivity contribution in [2.45, 2.75) is 43.9 Å². The van der Waals surface area contributed by atoms with E-state index in [1.54, 1.807) is 13.4 Å². The standard InChI is InChI=1S/C27H27N5O3/c1-3-26(33)32-19-8-9-20(32)12-21(11-19)35-25-13-22-23(14-24(25)34-2)28-16-29-27(22)30-17-6-7-18-5-4-10-31(18)15-17/h3-7,10,13-16,19-21H,1,8-9,11-12H2,2H3,(H,28,29,30)/t19-,20+,21?. The molecule has 3 aromatic heterocycles. The third-order valence-corrected chi connectivity index (χ3v) is 7.12. The lowest BCUT2D eigenvalue weighted by atomic mass is 9.99. The Morgan fingerprint density at radius 3 is 2.74 bits per heavy atom. The summed E-state index contributed by atoms with van der Waals surface area (Å²) in [5.74, 6) is 2.00. The van der Waals surface area contributed by atoms with Gasteiger partial charge in [0.2, 0.25) is 5.91 Å². The van der Waals surface area contributed by atoms with E-state index in [-0.39, 0.29) is 24.1 Å². The van der Waals surface area contributed by atoms with E-state index in [1.807, 2.05) is 41.6 Å². The van der Waals surface area contributed by atoms with Crippen LogP contribution in [0.3, 0.4) is 0 Å². The molecule has 178 valence electrons. The lowest BCUT2D eigenvalue weighted by Crippen LogP contribution is -2.48. The normalized spacial score (nSPS) is 21.3. The van der Waals surface area contributed by atoms with E-state index in [1.165, 1.54) is 6.08 Å². The van der Waals surface area contributed by atoms with Crippen molar-refractivity contribution in [1.29, 1.82) is 0 Å². The van der Waals surface area contributed by atoms with Gasteiger partial charge in [-0.15, -0.1) is 0 Å². The van der Waals surface area contributed by atoms with Gasteiger partial charge in [-0.2, -0.15) is 0 Å². The molecule has 2 bridgehead atoms. The van der Waals surface area contributed by atoms with E-state index < -0.39 is 0 Å². The van der Waals surface area contributed by atoms with E-state index in [4.69, 9.17) is 9.47 Å². The highest BCUT2D eigenvalue weighted by Gasteiger charge is 2.43. The van der Waals surface area contributed by atoms with E-state index in [0.717, 1.165) is 47.8 Å². The van der Waals surface area contributed by atoms with E-state index in [0.29, 0.717) is 17.3 Å². The second kappa shape index (κ2) is 8.61. The average molecular weight is 470 g/mol. The van der Waals surface area contributed by atoms with Crippen molar-refractivity contribution in [3.8, 4) is 11.5 Å². The highest BCUT2D eigenvalue weighted by molar-refractivity contribution is 5.93. The van der Waals surface area contributed by atoms with Crippen LogP contribution in [0.2, 0.25) is 0 Å². The molecule has 0 spiro atoms. The van der Waals surface area contributed by atoms with Crippen LogP contribution in [0.25, 0.3) is 16.4 Å². The summed E-state index contributed by atoms with van der Waals surface area (Å²) in [6.07, 6.45) is 10.6. The molecule has 8 heteroatoms. The Kier molecular flexibility index (Phi) is 5.28. The van der Waals surface area contributed by atoms with Gasteiger partial charge in [-0.25, -0.2) is 9.97 Å². The Morgan fingerprint density at radius 2 is 1.97 bits per heavy atom. The number of hydrogen-bond donors (Lipinski definition) is 1. The van der Waals surface area contributed by atoms with Crippen LogP contribution < -0.4 is 14.8 Å². The lowest BCUT2D eigenvalue weighted by molar-refractivity contribution is -0.131. The van der Waals surface area contributed by atoms with Crippen molar-refractivity contribution in [3.63, 3.8) is 0 Å². The Hall–Kier alpha value is -4.07. The number of benzene rings is 1. The number of carbonyl (C=O) groups excluding carboxylic acids is 1. The second-order valence-corrected chi connectivity index (χ2v) is 9.17. The third kappa shape index (κ3) is 3.84. The zero-order chi connectivity index (χ0) is 23.9. The third-order valence-electron chi connectivity index (χ3n) is 7.12. The van der Waals surface area contributed by atoms with Gasteiger partial charge in [-0.05, 0) is 49.2 Å². The fourth-order valence-corrected chi connectivity index (χ4v) is 5.53. The maximum atomic E-state index is 12.3. The molecule has 4 aromatic rings. The summed E-state index contributed by atoms with van der Waals surface area (Å²) in [6.45, 7) is 3.66. The van der Waals surface area contributed by atoms with Crippen LogP contribution in [0.5, 0.6) is 11.5 Å². The number of fused-ring (bicyclic) bond motifs is 4. The van der Waals surface area contributed by atoms with Crippen LogP contribution in [-0.4, -0.2) is 50.5 Å². The summed E-state index contributed by atoms with van der Waals surface area (Å²) in [6, 6.07) is 12.4. The lowest BCUT2D eigenvalue weighted by Gasteiger charge is -2.38. The van der Waals surface area contributed by atoms with E-state index in [2.05, 4.69) is 38.4 Å². The van der Waals surface area contributed by atoms with Crippen molar-refractivity contribution in [1.82, 2.24) is 19.3 Å². The number of hydrogen-bond acceptors (Lipinski definition) is 6. The van der Waals surface area contributed by atoms with Gasteiger partial charge in [-0.1, -0.05) is 6.58 Å². The first-order valence-corrected chi connectivity index (χ1v) is 11.9. The largest absolute Gasteiger partial charge is 0.493 e. The molecule has 1 amide bonds. The van der Waals surface area contributed by atoms with E-state index in [9.17, 15) is 4.79 Å². The number of amides is 1. The Morgan fingerprint density at radius 1 is 1.14 bits per heavy atom. The smallest absolute Gasteiger partial charge is 0.246 e. The van der Waals surface area contributed by atoms with Gasteiger partial charge >= 0.3 is 0 Å². The Bertz CT molecular complexity index is 1420. The van der Waals surface area contributed by atoms with Crippen molar-refractivity contribution in [2.75, 3.05) is 12.4 Å². The molecular formula is C27H27N5O3. The number of aromatic nitrogens is 3. The number of carbonyl (C=O) groups is 1. The summed E-state index contributed by atoms with van der Waals surface area (Å²) in [7, 11) is 1.63. The molecule has 1 aromatic carbocycles. The molecule has 0 radical (unpaired) electrons. The molecule has 2 aliphatic heterocycles. The monoisotopic (exact) mass is 469 g/mol. The molecule has 2 saturated heterocycles. The number of nitrogens with zero attached hydrogens (tertiary/aromatic N) is 4. The summed E-state index contributed by atoms with van der Waals surface area (Å²) < 4.78 is 14.2. The molecule has 1 unspecified atom stereocenters. The first-order valence-electron chi connectivity index (χ1n) is 11.9. The molecule has 1 N–H and O–H groups in total. The maximum absolute atomic E-state index is 12.3. The first-order chi connectivity index (χ1) is 17.1. The minimum absolute atomic E-state index is 0.00454. The van der Waals surface area contributed by atoms with Crippen LogP contribution in [0.4, 0.5) is 11.5 Å². The summed E-state index contributed by atoms with van der Waals surface area (Å²) >= 11 is 0. The molecule has 2 aliphatic rings. The SMILES string of the molecule is C=CC(=O)N1[C@@H]2CC[C@H]1CC(Oc1cc3c(Nc4ccc5cccn5c4)ncnc3cc1OC)C2. The zero-order valence-corrected chi connectivity index (χ0v) is 19.6. The predicted octanol–water partition coefficient (Wildman–Crippen LogP) is 4.72. The van der Waals surface area contributed by atoms with E-state index >= 15 is 0 Å². The van der Waals surface area contributed by atoms with Crippen molar-refractivity contribution in [3.05, 3.63) is 67.8 Å². The number of anilines is 2. The number of nitrogens with one attached hydrogen (secondary N) is 1. The highest BCUT2D eigenvalue weighted by Crippen LogP contribution is 2.40. The van der Waals surface area contributed by atoms with Gasteiger partial charge in [0.05, 0.1) is 18.3 Å². The predicted molar refractivity (Wildman–Crippen MR) is 134 cm³/mol. The molecule has 35 heavy (non-hydrogen) atoms. The molecule has 6 rings (SSSR count). The summed E-state index contributed by atoms with van der Waals surface area (Å²) in [5, 5.41) is 4.27. The van der Waals surface area contributed by atoms with Gasteiger partial charge in [0.15, 0.2) is 11.5 Å². The average Bonchev–Trinajstić information content (AvgIpc) is 3.45. The van der Waals surface area contributed by atoms with Crippen LogP contribution in [-0.2, 0) is 4.79 Å². The van der Waals surface area contributed by atoms with Crippen LogP contribution >= 0.6 is 0 Å². The minimum Gasteiger partial charge on any atom is -0.493 e. The number of pyridine rings is 1. The number of methoxy groups -OCH3 is 1. The van der Waals surface area contributed by atoms with Crippen LogP contribution in [0, 0.1) is 0 Å². The Labute approximate surface area is 203 Å². The fourth-order valence-electron chi connectivity index (χ4n) is 5.53. The van der Waals surface area contributed by atoms with Gasteiger partial charge in [0.25, 0.3) is 0 Å². The summed E-state index contributed by atoms with van der Waals surface area (Å²) in [5.41, 5.74) is 2.81. The molecule has 0 saturated carbocycles. The second-order valence-electron chi connectivity index (χ2n) is 9.17. The summed E-state index contributed by atoms with van der Waals surface area (Å²) in [4.78, 5) is 23.3. The quantitative estimate of drug-likeness (QED) is 0.412. The number of rotatable bonds is 6. The molecule has 3 atom stereocenters. The fraction of sp³-hybridized carbons (Fsp3) is 0.296. The van der Waals surface area contributed by atoms with Gasteiger partial charge in [0.1, 0.15) is 18.2 Å². The van der Waals surface area contributed by atoms with Gasteiger partial charge in [-0.3, -0.25) is 4.79 Å². The topological polar surface area (TPSA) is 81.0 Å². The Balaban J connectivity index is 1.30. The van der Waals surface area contributed by atoms with Crippen LogP contribution in [0.15, 0.2) is 67.8 Å². The molecule has 0 aliphatic carbocycles. The molecule has 2 fully saturated rings. The van der Waals surface area contributed by atoms with Gasteiger partial charge < -0.3 is 24.1 Å². The van der Waals surface area contributed by atoms with Crippen LogP contribution in [0.1, 0.15) is 25.7 Å². The number of ether oxygens (including phenoxy) is 2. The number of piperidine rings is 1. The maximum Gasteiger partial charge on any atom is 0.246 e. The van der Waals surface area contributed by atoms with Crippen molar-refractivity contribution < 1.29 is 14.3 Å². The molecule has 8 nitrogen and oxygen atoms in total.